The Kier molecular flexibility index (Phi) is 7.65. The molecule has 7 heteroatoms. The molecule has 4 aromatic rings. The molecule has 4 rings (SSSR count). The van der Waals surface area contributed by atoms with Crippen molar-refractivity contribution in [1.29, 1.82) is 0 Å². The number of hydrogen-bond acceptors (Lipinski definition) is 2. The highest BCUT2D eigenvalue weighted by atomic mass is 19.2. The van der Waals surface area contributed by atoms with E-state index in [1.165, 1.54) is 30.3 Å². The van der Waals surface area contributed by atoms with Crippen molar-refractivity contribution in [3.63, 3.8) is 0 Å². The quantitative estimate of drug-likeness (QED) is 0.124. The van der Waals surface area contributed by atoms with Gasteiger partial charge in [-0.1, -0.05) is 30.1 Å². The van der Waals surface area contributed by atoms with Crippen LogP contribution in [0.2, 0.25) is 0 Å². The zero-order valence-corrected chi connectivity index (χ0v) is 19.2. The number of benzene rings is 3. The van der Waals surface area contributed by atoms with E-state index in [0.29, 0.717) is 30.8 Å². The molecule has 3 aromatic carbocycles. The first kappa shape index (κ1) is 24.9. The van der Waals surface area contributed by atoms with Crippen LogP contribution in [0.25, 0.3) is 10.8 Å². The third-order valence-electron chi connectivity index (χ3n) is 5.46. The summed E-state index contributed by atoms with van der Waals surface area (Å²) in [7, 11) is 0. The lowest BCUT2D eigenvalue weighted by atomic mass is 10.0. The number of halogens is 5. The highest BCUT2D eigenvalue weighted by Crippen LogP contribution is 2.24. The van der Waals surface area contributed by atoms with Crippen molar-refractivity contribution in [2.75, 3.05) is 6.61 Å². The molecule has 0 spiro atoms. The average molecular weight is 493 g/mol. The smallest absolute Gasteiger partial charge is 0.195 e. The van der Waals surface area contributed by atoms with Gasteiger partial charge in [-0.25, -0.2) is 22.0 Å². The van der Waals surface area contributed by atoms with E-state index < -0.39 is 34.6 Å². The van der Waals surface area contributed by atoms with Crippen molar-refractivity contribution in [1.82, 2.24) is 4.98 Å². The molecule has 0 N–H and O–H groups in total. The second kappa shape index (κ2) is 11.0. The van der Waals surface area contributed by atoms with Gasteiger partial charge in [0.15, 0.2) is 17.5 Å². The second-order valence-corrected chi connectivity index (χ2v) is 7.97. The SMILES string of the molecule is C/C=C/COc1ccc(CCc2cc(F)c(C#Cc3ccc4c(F)c(F)c(F)cc4c3)c(F)c2)nc1. The first-order valence-corrected chi connectivity index (χ1v) is 11.1. The number of rotatable bonds is 6. The Morgan fingerprint density at radius 1 is 0.833 bits per heavy atom. The first-order valence-electron chi connectivity index (χ1n) is 11.1. The summed E-state index contributed by atoms with van der Waals surface area (Å²) >= 11 is 0. The first-order chi connectivity index (χ1) is 17.4. The molecule has 0 aliphatic heterocycles. The van der Waals surface area contributed by atoms with Gasteiger partial charge >= 0.3 is 0 Å². The van der Waals surface area contributed by atoms with Crippen LogP contribution in [-0.4, -0.2) is 11.6 Å². The molecule has 36 heavy (non-hydrogen) atoms. The van der Waals surface area contributed by atoms with E-state index in [1.807, 2.05) is 19.1 Å². The number of pyridine rings is 1. The molecule has 0 aliphatic carbocycles. The fraction of sp³-hybridized carbons (Fsp3) is 0.138. The van der Waals surface area contributed by atoms with Crippen LogP contribution in [0, 0.1) is 40.9 Å². The number of fused-ring (bicyclic) bond motifs is 1. The predicted octanol–water partition coefficient (Wildman–Crippen LogP) is 7.07. The highest BCUT2D eigenvalue weighted by Gasteiger charge is 2.14. The van der Waals surface area contributed by atoms with Crippen LogP contribution in [0.4, 0.5) is 22.0 Å². The fourth-order valence-corrected chi connectivity index (χ4v) is 3.56. The molecule has 0 fully saturated rings. The van der Waals surface area contributed by atoms with E-state index in [1.54, 1.807) is 18.3 Å². The number of aryl methyl sites for hydroxylation is 2. The van der Waals surface area contributed by atoms with Gasteiger partial charge in [0.05, 0.1) is 11.8 Å². The maximum atomic E-state index is 14.6. The molecule has 0 atom stereocenters. The van der Waals surface area contributed by atoms with E-state index in [9.17, 15) is 22.0 Å². The molecule has 0 aliphatic rings. The Morgan fingerprint density at radius 3 is 2.31 bits per heavy atom. The van der Waals surface area contributed by atoms with Gasteiger partial charge in [-0.2, -0.15) is 0 Å². The molecule has 182 valence electrons. The zero-order chi connectivity index (χ0) is 25.7. The van der Waals surface area contributed by atoms with Crippen molar-refractivity contribution < 1.29 is 26.7 Å². The number of allylic oxidation sites excluding steroid dienone is 1. The summed E-state index contributed by atoms with van der Waals surface area (Å²) in [4.78, 5) is 4.31. The van der Waals surface area contributed by atoms with Gasteiger partial charge in [0.2, 0.25) is 0 Å². The standard InChI is InChI=1S/C29H20F5NO/c1-2-3-12-36-22-9-8-21(35-17-22)7-4-19-14-25(30)24(26(31)15-19)11-6-18-5-10-23-20(13-18)16-27(32)29(34)28(23)33/h2-3,5,8-10,13-17H,4,7,12H2,1H3/b3-2+. The van der Waals surface area contributed by atoms with Crippen molar-refractivity contribution in [2.24, 2.45) is 0 Å². The highest BCUT2D eigenvalue weighted by molar-refractivity contribution is 5.84. The molecule has 0 bridgehead atoms. The normalized spacial score (nSPS) is 11.1. The molecule has 0 saturated carbocycles. The van der Waals surface area contributed by atoms with Gasteiger partial charge in [0, 0.05) is 16.6 Å². The molecular formula is C29H20F5NO. The van der Waals surface area contributed by atoms with Gasteiger partial charge < -0.3 is 4.74 Å². The Hall–Kier alpha value is -4.18. The minimum atomic E-state index is -1.56. The second-order valence-electron chi connectivity index (χ2n) is 7.97. The van der Waals surface area contributed by atoms with E-state index in [-0.39, 0.29) is 16.3 Å². The van der Waals surface area contributed by atoms with Crippen LogP contribution in [0.1, 0.15) is 29.3 Å². The molecule has 0 radical (unpaired) electrons. The molecule has 0 unspecified atom stereocenters. The predicted molar refractivity (Wildman–Crippen MR) is 128 cm³/mol. The molecule has 1 aromatic heterocycles. The zero-order valence-electron chi connectivity index (χ0n) is 19.2. The lowest BCUT2D eigenvalue weighted by Gasteiger charge is -2.06. The third-order valence-corrected chi connectivity index (χ3v) is 5.46. The monoisotopic (exact) mass is 493 g/mol. The van der Waals surface area contributed by atoms with Crippen molar-refractivity contribution in [3.05, 3.63) is 118 Å². The van der Waals surface area contributed by atoms with E-state index in [0.717, 1.165) is 11.8 Å². The molecule has 2 nitrogen and oxygen atoms in total. The number of hydrogen-bond donors (Lipinski definition) is 0. The van der Waals surface area contributed by atoms with Gasteiger partial charge in [0.25, 0.3) is 0 Å². The molecule has 0 saturated heterocycles. The summed E-state index contributed by atoms with van der Waals surface area (Å²) in [5, 5.41) is -0.0352. The largest absolute Gasteiger partial charge is 0.488 e. The topological polar surface area (TPSA) is 22.1 Å². The number of nitrogens with zero attached hydrogens (tertiary/aromatic N) is 1. The maximum absolute atomic E-state index is 14.6. The summed E-state index contributed by atoms with van der Waals surface area (Å²) in [5.41, 5.74) is 1.04. The minimum Gasteiger partial charge on any atom is -0.488 e. The van der Waals surface area contributed by atoms with Crippen LogP contribution in [0.15, 0.2) is 66.9 Å². The minimum absolute atomic E-state index is 0.0838. The Labute approximate surface area is 205 Å². The van der Waals surface area contributed by atoms with Gasteiger partial charge in [-0.05, 0) is 73.2 Å². The summed E-state index contributed by atoms with van der Waals surface area (Å²) in [5.74, 6) is -0.178. The van der Waals surface area contributed by atoms with Crippen LogP contribution < -0.4 is 4.74 Å². The van der Waals surface area contributed by atoms with Crippen molar-refractivity contribution in [3.8, 4) is 17.6 Å². The van der Waals surface area contributed by atoms with Crippen LogP contribution >= 0.6 is 0 Å². The molecule has 0 amide bonds. The van der Waals surface area contributed by atoms with E-state index in [4.69, 9.17) is 4.74 Å². The van der Waals surface area contributed by atoms with Crippen LogP contribution in [0.5, 0.6) is 5.75 Å². The van der Waals surface area contributed by atoms with Crippen LogP contribution in [-0.2, 0) is 12.8 Å². The van der Waals surface area contributed by atoms with E-state index >= 15 is 0 Å². The number of ether oxygens (including phenoxy) is 1. The molecular weight excluding hydrogens is 473 g/mol. The lowest BCUT2D eigenvalue weighted by molar-refractivity contribution is 0.361. The fourth-order valence-electron chi connectivity index (χ4n) is 3.56. The summed E-state index contributed by atoms with van der Waals surface area (Å²) < 4.78 is 75.5. The summed E-state index contributed by atoms with van der Waals surface area (Å²) in [6.45, 7) is 2.35. The summed E-state index contributed by atoms with van der Waals surface area (Å²) in [6, 6.07) is 10.8. The Morgan fingerprint density at radius 2 is 1.61 bits per heavy atom. The Balaban J connectivity index is 1.47. The lowest BCUT2D eigenvalue weighted by Crippen LogP contribution is -1.99. The maximum Gasteiger partial charge on any atom is 0.195 e. The van der Waals surface area contributed by atoms with Crippen molar-refractivity contribution in [2.45, 2.75) is 19.8 Å². The summed E-state index contributed by atoms with van der Waals surface area (Å²) in [6.07, 6.45) is 6.20. The van der Waals surface area contributed by atoms with Crippen LogP contribution in [0.3, 0.4) is 0 Å². The van der Waals surface area contributed by atoms with Crippen molar-refractivity contribution >= 4 is 10.8 Å². The van der Waals surface area contributed by atoms with Gasteiger partial charge in [-0.15, -0.1) is 0 Å². The van der Waals surface area contributed by atoms with Gasteiger partial charge in [-0.3, -0.25) is 4.98 Å². The average Bonchev–Trinajstić information content (AvgIpc) is 2.86. The Bertz CT molecular complexity index is 1480. The van der Waals surface area contributed by atoms with Gasteiger partial charge in [0.1, 0.15) is 24.0 Å². The van der Waals surface area contributed by atoms with E-state index in [2.05, 4.69) is 16.8 Å². The number of aromatic nitrogens is 1. The molecule has 1 heterocycles. The third kappa shape index (κ3) is 5.72.